The second-order valence-electron chi connectivity index (χ2n) is 8.25. The van der Waals surface area contributed by atoms with Crippen molar-refractivity contribution in [1.82, 2.24) is 15.1 Å². The van der Waals surface area contributed by atoms with Gasteiger partial charge in [-0.05, 0) is 42.7 Å². The van der Waals surface area contributed by atoms with Crippen molar-refractivity contribution in [3.63, 3.8) is 0 Å². The minimum absolute atomic E-state index is 0.0748. The van der Waals surface area contributed by atoms with E-state index in [2.05, 4.69) is 47.5 Å². The molecule has 5 heteroatoms. The van der Waals surface area contributed by atoms with Crippen LogP contribution in [-0.2, 0) is 9.59 Å². The summed E-state index contributed by atoms with van der Waals surface area (Å²) in [5, 5.41) is 2.72. The normalized spacial score (nSPS) is 22.6. The zero-order chi connectivity index (χ0) is 19.3. The van der Waals surface area contributed by atoms with E-state index >= 15 is 0 Å². The van der Waals surface area contributed by atoms with E-state index in [0.29, 0.717) is 24.3 Å². The van der Waals surface area contributed by atoms with E-state index in [1.54, 1.807) is 0 Å². The lowest BCUT2D eigenvalue weighted by Crippen LogP contribution is -2.52. The van der Waals surface area contributed by atoms with Gasteiger partial charge >= 0.3 is 0 Å². The molecule has 2 amide bonds. The number of piperidine rings is 2. The second-order valence-corrected chi connectivity index (χ2v) is 8.25. The molecule has 0 radical (unpaired) electrons. The third-order valence-electron chi connectivity index (χ3n) is 6.32. The average molecular weight is 372 g/mol. The first-order valence-electron chi connectivity index (χ1n) is 10.3. The van der Waals surface area contributed by atoms with E-state index in [1.807, 2.05) is 4.90 Å². The summed E-state index contributed by atoms with van der Waals surface area (Å²) in [4.78, 5) is 28.0. The van der Waals surface area contributed by atoms with Crippen LogP contribution in [0.3, 0.4) is 0 Å². The Morgan fingerprint density at radius 1 is 1.19 bits per heavy atom. The minimum Gasteiger partial charge on any atom is -0.356 e. The lowest BCUT2D eigenvalue weighted by atomic mass is 9.68. The first kappa shape index (κ1) is 19.9. The van der Waals surface area contributed by atoms with Gasteiger partial charge in [-0.2, -0.15) is 0 Å². The van der Waals surface area contributed by atoms with E-state index < -0.39 is 0 Å². The number of rotatable bonds is 5. The Bertz CT molecular complexity index is 638. The Morgan fingerprint density at radius 2 is 1.89 bits per heavy atom. The molecule has 3 rings (SSSR count). The van der Waals surface area contributed by atoms with E-state index in [9.17, 15) is 9.59 Å². The van der Waals surface area contributed by atoms with Crippen LogP contribution in [0.5, 0.6) is 0 Å². The van der Waals surface area contributed by atoms with Crippen molar-refractivity contribution in [2.24, 2.45) is 5.41 Å². The summed E-state index contributed by atoms with van der Waals surface area (Å²) in [6.07, 6.45) is 3.79. The average Bonchev–Trinajstić information content (AvgIpc) is 2.68. The van der Waals surface area contributed by atoms with Gasteiger partial charge in [0, 0.05) is 46.1 Å². The smallest absolute Gasteiger partial charge is 0.224 e. The maximum absolute atomic E-state index is 12.4. The zero-order valence-electron chi connectivity index (χ0n) is 16.7. The molecule has 2 fully saturated rings. The molecule has 5 nitrogen and oxygen atoms in total. The van der Waals surface area contributed by atoms with Gasteiger partial charge in [-0.1, -0.05) is 37.3 Å². The van der Waals surface area contributed by atoms with Crippen LogP contribution >= 0.6 is 0 Å². The van der Waals surface area contributed by atoms with Crippen molar-refractivity contribution < 1.29 is 9.59 Å². The van der Waals surface area contributed by atoms with Crippen LogP contribution in [0.4, 0.5) is 0 Å². The van der Waals surface area contributed by atoms with Crippen LogP contribution in [0, 0.1) is 5.41 Å². The summed E-state index contributed by atoms with van der Waals surface area (Å²) in [5.41, 5.74) is 1.77. The number of carbonyl (C=O) groups excluding carboxylic acids is 2. The predicted octanol–water partition coefficient (Wildman–Crippen LogP) is 2.63. The molecule has 0 aromatic heterocycles. The summed E-state index contributed by atoms with van der Waals surface area (Å²) in [6.45, 7) is 9.25. The number of hydrogen-bond acceptors (Lipinski definition) is 3. The van der Waals surface area contributed by atoms with Crippen molar-refractivity contribution in [2.75, 3.05) is 39.3 Å². The molecule has 0 saturated carbocycles. The Labute approximate surface area is 163 Å². The number of nitrogens with one attached hydrogen (secondary N) is 1. The molecular formula is C22H33N3O2. The van der Waals surface area contributed by atoms with Gasteiger partial charge in [0.1, 0.15) is 0 Å². The molecular weight excluding hydrogens is 338 g/mol. The van der Waals surface area contributed by atoms with E-state index in [-0.39, 0.29) is 11.8 Å². The van der Waals surface area contributed by atoms with Crippen molar-refractivity contribution in [1.29, 1.82) is 0 Å². The highest BCUT2D eigenvalue weighted by molar-refractivity contribution is 5.78. The Balaban J connectivity index is 1.59. The summed E-state index contributed by atoms with van der Waals surface area (Å²) in [6, 6.07) is 10.9. The fourth-order valence-corrected chi connectivity index (χ4v) is 4.79. The summed E-state index contributed by atoms with van der Waals surface area (Å²) in [7, 11) is 0. The SMILES string of the molecule is CCN1CC(c2ccccc2)CC2(CCN(C(=O)CCNC(C)=O)CC2)C1. The van der Waals surface area contributed by atoms with Crippen molar-refractivity contribution in [3.05, 3.63) is 35.9 Å². The maximum Gasteiger partial charge on any atom is 0.224 e. The Morgan fingerprint density at radius 3 is 2.52 bits per heavy atom. The minimum atomic E-state index is -0.0748. The molecule has 0 aliphatic carbocycles. The number of likely N-dealkylation sites (N-methyl/N-ethyl adjacent to an activating group) is 1. The number of amides is 2. The number of carbonyl (C=O) groups is 2. The van der Waals surface area contributed by atoms with Gasteiger partial charge in [-0.25, -0.2) is 0 Å². The van der Waals surface area contributed by atoms with Crippen molar-refractivity contribution in [3.8, 4) is 0 Å². The van der Waals surface area contributed by atoms with E-state index in [4.69, 9.17) is 0 Å². The topological polar surface area (TPSA) is 52.6 Å². The highest BCUT2D eigenvalue weighted by Crippen LogP contribution is 2.45. The van der Waals surface area contributed by atoms with Gasteiger partial charge in [0.25, 0.3) is 0 Å². The molecule has 1 aromatic rings. The number of nitrogens with zero attached hydrogens (tertiary/aromatic N) is 2. The monoisotopic (exact) mass is 371 g/mol. The summed E-state index contributed by atoms with van der Waals surface area (Å²) in [5.74, 6) is 0.678. The largest absolute Gasteiger partial charge is 0.356 e. The standard InChI is InChI=1S/C22H33N3O2/c1-3-24-16-20(19-7-5-4-6-8-19)15-22(17-24)10-13-25(14-11-22)21(27)9-12-23-18(2)26/h4-8,20H,3,9-17H2,1-2H3,(H,23,26). The lowest BCUT2D eigenvalue weighted by molar-refractivity contribution is -0.134. The molecule has 148 valence electrons. The quantitative estimate of drug-likeness (QED) is 0.866. The summed E-state index contributed by atoms with van der Waals surface area (Å²) < 4.78 is 0. The van der Waals surface area contributed by atoms with Crippen LogP contribution in [0.15, 0.2) is 30.3 Å². The number of benzene rings is 1. The summed E-state index contributed by atoms with van der Waals surface area (Å²) >= 11 is 0. The zero-order valence-corrected chi connectivity index (χ0v) is 16.7. The first-order valence-corrected chi connectivity index (χ1v) is 10.3. The third-order valence-corrected chi connectivity index (χ3v) is 6.32. The lowest BCUT2D eigenvalue weighted by Gasteiger charge is -2.50. The van der Waals surface area contributed by atoms with Crippen LogP contribution in [0.25, 0.3) is 0 Å². The molecule has 1 atom stereocenters. The van der Waals surface area contributed by atoms with Gasteiger partial charge in [-0.3, -0.25) is 9.59 Å². The molecule has 0 bridgehead atoms. The highest BCUT2D eigenvalue weighted by atomic mass is 16.2. The molecule has 27 heavy (non-hydrogen) atoms. The highest BCUT2D eigenvalue weighted by Gasteiger charge is 2.42. The molecule has 1 unspecified atom stereocenters. The van der Waals surface area contributed by atoms with Crippen LogP contribution in [-0.4, -0.2) is 60.9 Å². The third kappa shape index (κ3) is 5.10. The predicted molar refractivity (Wildman–Crippen MR) is 107 cm³/mol. The Hall–Kier alpha value is -1.88. The van der Waals surface area contributed by atoms with Gasteiger partial charge in [-0.15, -0.1) is 0 Å². The van der Waals surface area contributed by atoms with E-state index in [1.165, 1.54) is 18.9 Å². The molecule has 2 saturated heterocycles. The number of likely N-dealkylation sites (tertiary alicyclic amines) is 2. The van der Waals surface area contributed by atoms with Gasteiger partial charge in [0.05, 0.1) is 0 Å². The van der Waals surface area contributed by atoms with E-state index in [0.717, 1.165) is 45.6 Å². The van der Waals surface area contributed by atoms with Gasteiger partial charge in [0.15, 0.2) is 0 Å². The molecule has 1 aromatic carbocycles. The fourth-order valence-electron chi connectivity index (χ4n) is 4.79. The maximum atomic E-state index is 12.4. The second kappa shape index (κ2) is 8.87. The van der Waals surface area contributed by atoms with Crippen molar-refractivity contribution in [2.45, 2.75) is 45.4 Å². The fraction of sp³-hybridized carbons (Fsp3) is 0.636. The van der Waals surface area contributed by atoms with Crippen LogP contribution in [0.1, 0.15) is 51.0 Å². The molecule has 2 aliphatic heterocycles. The van der Waals surface area contributed by atoms with Crippen LogP contribution in [0.2, 0.25) is 0 Å². The molecule has 2 aliphatic rings. The molecule has 1 N–H and O–H groups in total. The van der Waals surface area contributed by atoms with Gasteiger partial charge in [0.2, 0.25) is 11.8 Å². The Kier molecular flexibility index (Phi) is 6.53. The first-order chi connectivity index (χ1) is 13.0. The van der Waals surface area contributed by atoms with Gasteiger partial charge < -0.3 is 15.1 Å². The number of hydrogen-bond donors (Lipinski definition) is 1. The molecule has 1 spiro atoms. The molecule has 2 heterocycles. The van der Waals surface area contributed by atoms with Crippen molar-refractivity contribution >= 4 is 11.8 Å². The van der Waals surface area contributed by atoms with Crippen LogP contribution < -0.4 is 5.32 Å².